The maximum absolute atomic E-state index is 11.1. The third-order valence-corrected chi connectivity index (χ3v) is 4.84. The van der Waals surface area contributed by atoms with Crippen LogP contribution in [0.4, 0.5) is 17.1 Å². The highest BCUT2D eigenvalue weighted by Crippen LogP contribution is 2.34. The van der Waals surface area contributed by atoms with E-state index in [0.717, 1.165) is 11.1 Å². The number of nitrogens with two attached hydrogens (primary N) is 1. The van der Waals surface area contributed by atoms with Crippen molar-refractivity contribution in [1.29, 1.82) is 0 Å². The van der Waals surface area contributed by atoms with E-state index >= 15 is 0 Å². The molecule has 146 valence electrons. The van der Waals surface area contributed by atoms with Crippen LogP contribution in [-0.4, -0.2) is 16.4 Å². The number of fused-ring (bicyclic) bond motifs is 1. The van der Waals surface area contributed by atoms with Crippen LogP contribution >= 0.6 is 0 Å². The molecule has 1 aliphatic heterocycles. The molecule has 0 radical (unpaired) electrons. The lowest BCUT2D eigenvalue weighted by Gasteiger charge is -2.38. The fourth-order valence-electron chi connectivity index (χ4n) is 3.38. The number of hydrogen-bond acceptors (Lipinski definition) is 5. The molecule has 0 fully saturated rings. The maximum atomic E-state index is 11.1. The summed E-state index contributed by atoms with van der Waals surface area (Å²) in [7, 11) is 0. The van der Waals surface area contributed by atoms with Crippen LogP contribution in [0, 0.1) is 10.1 Å². The molecule has 0 spiro atoms. The second-order valence-corrected chi connectivity index (χ2v) is 7.02. The van der Waals surface area contributed by atoms with Gasteiger partial charge in [-0.05, 0) is 17.2 Å². The van der Waals surface area contributed by atoms with Gasteiger partial charge in [-0.1, -0.05) is 60.7 Å². The molecule has 0 saturated heterocycles. The van der Waals surface area contributed by atoms with Crippen molar-refractivity contribution in [3.63, 3.8) is 0 Å². The Morgan fingerprint density at radius 2 is 1.59 bits per heavy atom. The SMILES string of the molecule is NC1(Cc2ccccc2)Nc2ccc([N+](=O)[O-])cc2NC1=NCc1ccccc1. The number of rotatable bonds is 5. The Labute approximate surface area is 168 Å². The summed E-state index contributed by atoms with van der Waals surface area (Å²) in [6.07, 6.45) is 0.505. The van der Waals surface area contributed by atoms with E-state index in [-0.39, 0.29) is 5.69 Å². The number of nitrogens with zero attached hydrogens (tertiary/aromatic N) is 2. The van der Waals surface area contributed by atoms with Gasteiger partial charge in [0.1, 0.15) is 11.5 Å². The van der Waals surface area contributed by atoms with Crippen LogP contribution in [-0.2, 0) is 13.0 Å². The first-order valence-corrected chi connectivity index (χ1v) is 9.29. The van der Waals surface area contributed by atoms with Crippen LogP contribution in [0.2, 0.25) is 0 Å². The molecule has 1 heterocycles. The Kier molecular flexibility index (Phi) is 4.97. The minimum Gasteiger partial charge on any atom is -0.359 e. The molecule has 0 aromatic heterocycles. The topological polar surface area (TPSA) is 106 Å². The highest BCUT2D eigenvalue weighted by molar-refractivity contribution is 6.09. The smallest absolute Gasteiger partial charge is 0.271 e. The molecule has 3 aromatic rings. The van der Waals surface area contributed by atoms with E-state index in [9.17, 15) is 10.1 Å². The molecule has 4 rings (SSSR count). The minimum absolute atomic E-state index is 0.00744. The maximum Gasteiger partial charge on any atom is 0.271 e. The number of hydrogen-bond donors (Lipinski definition) is 3. The highest BCUT2D eigenvalue weighted by atomic mass is 16.6. The van der Waals surface area contributed by atoms with E-state index in [2.05, 4.69) is 10.6 Å². The van der Waals surface area contributed by atoms with Gasteiger partial charge in [-0.15, -0.1) is 0 Å². The van der Waals surface area contributed by atoms with Gasteiger partial charge in [0.05, 0.1) is 22.8 Å². The van der Waals surface area contributed by atoms with Gasteiger partial charge in [0.15, 0.2) is 0 Å². The van der Waals surface area contributed by atoms with E-state index in [1.807, 2.05) is 60.7 Å². The van der Waals surface area contributed by atoms with Gasteiger partial charge in [-0.25, -0.2) is 0 Å². The minimum atomic E-state index is -0.973. The second-order valence-electron chi connectivity index (χ2n) is 7.02. The lowest BCUT2D eigenvalue weighted by Crippen LogP contribution is -2.61. The summed E-state index contributed by atoms with van der Waals surface area (Å²) in [5.41, 5.74) is 9.20. The zero-order valence-corrected chi connectivity index (χ0v) is 15.7. The number of amidine groups is 1. The molecule has 3 aromatic carbocycles. The van der Waals surface area contributed by atoms with E-state index in [1.54, 1.807) is 6.07 Å². The number of anilines is 2. The van der Waals surface area contributed by atoms with Crippen molar-refractivity contribution in [2.45, 2.75) is 18.6 Å². The summed E-state index contributed by atoms with van der Waals surface area (Å²) in [6.45, 7) is 0.447. The summed E-state index contributed by atoms with van der Waals surface area (Å²) >= 11 is 0. The molecule has 1 unspecified atom stereocenters. The highest BCUT2D eigenvalue weighted by Gasteiger charge is 2.37. The largest absolute Gasteiger partial charge is 0.359 e. The number of nitro groups is 1. The van der Waals surface area contributed by atoms with E-state index in [4.69, 9.17) is 10.7 Å². The first kappa shape index (κ1) is 18.6. The number of aliphatic imine (C=N–C) groups is 1. The van der Waals surface area contributed by atoms with E-state index < -0.39 is 10.6 Å². The molecule has 0 aliphatic carbocycles. The molecule has 1 atom stereocenters. The van der Waals surface area contributed by atoms with Gasteiger partial charge in [-0.2, -0.15) is 0 Å². The molecule has 7 heteroatoms. The second kappa shape index (κ2) is 7.73. The number of benzene rings is 3. The van der Waals surface area contributed by atoms with Gasteiger partial charge in [0, 0.05) is 18.6 Å². The van der Waals surface area contributed by atoms with Crippen LogP contribution in [0.1, 0.15) is 11.1 Å². The normalized spacial score (nSPS) is 19.1. The van der Waals surface area contributed by atoms with Crippen LogP contribution in [0.3, 0.4) is 0 Å². The van der Waals surface area contributed by atoms with Gasteiger partial charge in [-0.3, -0.25) is 15.1 Å². The lowest BCUT2D eigenvalue weighted by atomic mass is 9.95. The van der Waals surface area contributed by atoms with Gasteiger partial charge in [0.2, 0.25) is 0 Å². The van der Waals surface area contributed by atoms with Gasteiger partial charge in [0.25, 0.3) is 5.69 Å². The van der Waals surface area contributed by atoms with Crippen LogP contribution < -0.4 is 16.4 Å². The third kappa shape index (κ3) is 4.09. The van der Waals surface area contributed by atoms with Crippen molar-refractivity contribution < 1.29 is 4.92 Å². The molecule has 4 N–H and O–H groups in total. The molecular formula is C22H21N5O2. The Morgan fingerprint density at radius 1 is 0.931 bits per heavy atom. The average molecular weight is 387 g/mol. The van der Waals surface area contributed by atoms with Crippen molar-refractivity contribution in [1.82, 2.24) is 0 Å². The molecule has 0 bridgehead atoms. The van der Waals surface area contributed by atoms with Crippen LogP contribution in [0.15, 0.2) is 83.9 Å². The average Bonchev–Trinajstić information content (AvgIpc) is 2.73. The summed E-state index contributed by atoms with van der Waals surface area (Å²) in [5, 5.41) is 17.7. The third-order valence-electron chi connectivity index (χ3n) is 4.84. The van der Waals surface area contributed by atoms with E-state index in [1.165, 1.54) is 12.1 Å². The van der Waals surface area contributed by atoms with Crippen molar-refractivity contribution in [3.05, 3.63) is 100 Å². The fourth-order valence-corrected chi connectivity index (χ4v) is 3.38. The van der Waals surface area contributed by atoms with Gasteiger partial charge < -0.3 is 16.4 Å². The zero-order chi connectivity index (χ0) is 20.3. The summed E-state index contributed by atoms with van der Waals surface area (Å²) in [6, 6.07) is 24.4. The molecule has 1 aliphatic rings. The summed E-state index contributed by atoms with van der Waals surface area (Å²) < 4.78 is 0. The molecule has 0 saturated carbocycles. The number of nitrogens with one attached hydrogen (secondary N) is 2. The van der Waals surface area contributed by atoms with E-state index in [0.29, 0.717) is 30.2 Å². The standard InChI is InChI=1S/C22H21N5O2/c23-22(14-16-7-3-1-4-8-16)21(24-15-17-9-5-2-6-10-17)25-20-13-18(27(28)29)11-12-19(20)26-22/h1-13,26H,14-15,23H2,(H,24,25). The Balaban J connectivity index is 1.71. The Bertz CT molecular complexity index is 1050. The van der Waals surface area contributed by atoms with Crippen molar-refractivity contribution in [3.8, 4) is 0 Å². The van der Waals surface area contributed by atoms with Crippen molar-refractivity contribution in [2.75, 3.05) is 10.6 Å². The first-order valence-electron chi connectivity index (χ1n) is 9.29. The van der Waals surface area contributed by atoms with Crippen LogP contribution in [0.25, 0.3) is 0 Å². The summed E-state index contributed by atoms with van der Waals surface area (Å²) in [4.78, 5) is 15.5. The Morgan fingerprint density at radius 3 is 2.24 bits per heavy atom. The number of nitro benzene ring substituents is 1. The molecule has 29 heavy (non-hydrogen) atoms. The predicted molar refractivity (Wildman–Crippen MR) is 115 cm³/mol. The Hall–Kier alpha value is -3.71. The summed E-state index contributed by atoms with van der Waals surface area (Å²) in [5.74, 6) is 0.540. The van der Waals surface area contributed by atoms with Gasteiger partial charge >= 0.3 is 0 Å². The fraction of sp³-hybridized carbons (Fsp3) is 0.136. The number of non-ortho nitro benzene ring substituents is 1. The lowest BCUT2D eigenvalue weighted by molar-refractivity contribution is -0.384. The molecule has 0 amide bonds. The first-order chi connectivity index (χ1) is 14.0. The molecular weight excluding hydrogens is 366 g/mol. The quantitative estimate of drug-likeness (QED) is 0.454. The van der Waals surface area contributed by atoms with Crippen molar-refractivity contribution in [2.24, 2.45) is 10.7 Å². The monoisotopic (exact) mass is 387 g/mol. The zero-order valence-electron chi connectivity index (χ0n) is 15.7. The molecule has 7 nitrogen and oxygen atoms in total. The van der Waals surface area contributed by atoms with Crippen molar-refractivity contribution >= 4 is 22.9 Å². The predicted octanol–water partition coefficient (Wildman–Crippen LogP) is 3.93. The van der Waals surface area contributed by atoms with Crippen LogP contribution in [0.5, 0.6) is 0 Å².